The Hall–Kier alpha value is -1.63. The van der Waals surface area contributed by atoms with E-state index in [4.69, 9.17) is 5.26 Å². The van der Waals surface area contributed by atoms with Gasteiger partial charge in [0, 0.05) is 29.8 Å². The zero-order chi connectivity index (χ0) is 11.0. The summed E-state index contributed by atoms with van der Waals surface area (Å²) in [6.45, 7) is 1.62. The highest BCUT2D eigenvalue weighted by Gasteiger charge is 2.39. The van der Waals surface area contributed by atoms with Gasteiger partial charge in [-0.1, -0.05) is 0 Å². The van der Waals surface area contributed by atoms with Crippen LogP contribution in [0.4, 0.5) is 4.39 Å². The van der Waals surface area contributed by atoms with E-state index in [0.717, 1.165) is 18.3 Å². The van der Waals surface area contributed by atoms with Gasteiger partial charge in [0.25, 0.3) is 0 Å². The van der Waals surface area contributed by atoms with Crippen molar-refractivity contribution in [2.75, 3.05) is 0 Å². The van der Waals surface area contributed by atoms with Crippen molar-refractivity contribution < 1.29 is 4.39 Å². The van der Waals surface area contributed by atoms with Crippen LogP contribution in [0.25, 0.3) is 0 Å². The zero-order valence-electron chi connectivity index (χ0n) is 8.38. The summed E-state index contributed by atoms with van der Waals surface area (Å²) in [7, 11) is 0. The monoisotopic (exact) mass is 206 g/mol. The minimum Gasteiger partial charge on any atom is -0.362 e. The smallest absolute Gasteiger partial charge is 0.220 e. The molecule has 0 radical (unpaired) electrons. The zero-order valence-corrected chi connectivity index (χ0v) is 8.38. The van der Waals surface area contributed by atoms with Crippen LogP contribution in [0.1, 0.15) is 30.0 Å². The van der Waals surface area contributed by atoms with E-state index in [9.17, 15) is 9.18 Å². The molecule has 3 nitrogen and oxygen atoms in total. The molecule has 4 heteroatoms. The van der Waals surface area contributed by atoms with Crippen molar-refractivity contribution in [2.24, 2.45) is 5.92 Å². The molecule has 78 valence electrons. The number of nitrogens with one attached hydrogen (secondary N) is 1. The maximum Gasteiger partial charge on any atom is 0.220 e. The fraction of sp³-hybridized carbons (Fsp3) is 0.455. The van der Waals surface area contributed by atoms with Crippen LogP contribution in [0.5, 0.6) is 0 Å². The van der Waals surface area contributed by atoms with Gasteiger partial charge in [-0.15, -0.1) is 0 Å². The van der Waals surface area contributed by atoms with E-state index < -0.39 is 11.2 Å². The highest BCUT2D eigenvalue weighted by Crippen LogP contribution is 2.49. The average molecular weight is 206 g/mol. The topological polar surface area (TPSA) is 56.6 Å². The van der Waals surface area contributed by atoms with Gasteiger partial charge in [0.15, 0.2) is 5.82 Å². The van der Waals surface area contributed by atoms with Crippen molar-refractivity contribution >= 4 is 0 Å². The molecule has 0 amide bonds. The number of pyridine rings is 1. The number of nitrogens with zero attached hydrogens (tertiary/aromatic N) is 1. The summed E-state index contributed by atoms with van der Waals surface area (Å²) >= 11 is 0. The van der Waals surface area contributed by atoms with Crippen LogP contribution in [0.2, 0.25) is 0 Å². The van der Waals surface area contributed by atoms with Crippen LogP contribution in [-0.2, 0) is 0 Å². The van der Waals surface area contributed by atoms with Gasteiger partial charge in [-0.25, -0.2) is 4.39 Å². The minimum absolute atomic E-state index is 0.234. The van der Waals surface area contributed by atoms with Crippen LogP contribution in [0.3, 0.4) is 0 Å². The molecule has 2 atom stereocenters. The van der Waals surface area contributed by atoms with Crippen molar-refractivity contribution in [3.8, 4) is 6.07 Å². The molecule has 1 aliphatic carbocycles. The van der Waals surface area contributed by atoms with Gasteiger partial charge in [-0.3, -0.25) is 4.79 Å². The first-order valence-corrected chi connectivity index (χ1v) is 4.89. The third kappa shape index (κ3) is 1.65. The number of halogens is 1. The molecule has 1 N–H and O–H groups in total. The average Bonchev–Trinajstić information content (AvgIpc) is 2.95. The fourth-order valence-corrected chi connectivity index (χ4v) is 1.95. The summed E-state index contributed by atoms with van der Waals surface area (Å²) in [5, 5.41) is 8.53. The minimum atomic E-state index is -0.742. The first-order chi connectivity index (χ1) is 7.15. The summed E-state index contributed by atoms with van der Waals surface area (Å²) in [6, 6.07) is 2.11. The Morgan fingerprint density at radius 1 is 1.73 bits per heavy atom. The van der Waals surface area contributed by atoms with Crippen LogP contribution in [0, 0.1) is 30.0 Å². The van der Waals surface area contributed by atoms with Crippen LogP contribution >= 0.6 is 0 Å². The molecular weight excluding hydrogens is 195 g/mol. The summed E-state index contributed by atoms with van der Waals surface area (Å²) in [5.74, 6) is -0.179. The number of hydrogen-bond acceptors (Lipinski definition) is 2. The summed E-state index contributed by atoms with van der Waals surface area (Å²) in [5.41, 5.74) is 0.702. The lowest BCUT2D eigenvalue weighted by atomic mass is 10.1. The molecule has 0 bridgehead atoms. The molecule has 1 heterocycles. The first-order valence-electron chi connectivity index (χ1n) is 4.89. The van der Waals surface area contributed by atoms with Crippen LogP contribution in [0.15, 0.2) is 11.0 Å². The Morgan fingerprint density at radius 3 is 3.13 bits per heavy atom. The molecule has 1 aromatic heterocycles. The Kier molecular flexibility index (Phi) is 2.31. The maximum absolute atomic E-state index is 12.9. The fourth-order valence-electron chi connectivity index (χ4n) is 1.95. The van der Waals surface area contributed by atoms with E-state index in [-0.39, 0.29) is 5.92 Å². The molecule has 0 aromatic carbocycles. The van der Waals surface area contributed by atoms with Gasteiger partial charge in [-0.2, -0.15) is 5.26 Å². The van der Waals surface area contributed by atoms with Gasteiger partial charge in [0.2, 0.25) is 5.43 Å². The van der Waals surface area contributed by atoms with E-state index in [1.54, 1.807) is 6.92 Å². The highest BCUT2D eigenvalue weighted by molar-refractivity contribution is 5.28. The van der Waals surface area contributed by atoms with Gasteiger partial charge < -0.3 is 4.98 Å². The molecule has 2 rings (SSSR count). The van der Waals surface area contributed by atoms with Crippen molar-refractivity contribution in [1.29, 1.82) is 5.26 Å². The lowest BCUT2D eigenvalue weighted by molar-refractivity contribution is 0.605. The molecular formula is C11H11FN2O. The Bertz CT molecular complexity index is 486. The van der Waals surface area contributed by atoms with E-state index in [1.807, 2.05) is 0 Å². The van der Waals surface area contributed by atoms with Gasteiger partial charge >= 0.3 is 0 Å². The number of aromatic amines is 1. The second-order valence-electron chi connectivity index (χ2n) is 3.97. The van der Waals surface area contributed by atoms with Gasteiger partial charge in [0.1, 0.15) is 0 Å². The second kappa shape index (κ2) is 3.50. The molecule has 0 saturated heterocycles. The summed E-state index contributed by atoms with van der Waals surface area (Å²) < 4.78 is 12.9. The van der Waals surface area contributed by atoms with E-state index in [0.29, 0.717) is 17.9 Å². The molecule has 15 heavy (non-hydrogen) atoms. The van der Waals surface area contributed by atoms with Crippen LogP contribution in [-0.4, -0.2) is 4.98 Å². The van der Waals surface area contributed by atoms with Crippen molar-refractivity contribution in [2.45, 2.75) is 25.7 Å². The molecule has 1 aliphatic rings. The number of aromatic nitrogens is 1. The standard InChI is InChI=1S/C11H11FN2O/c1-6-10(8-4-7(8)2-3-13)14-5-9(12)11(6)15/h5,7-8H,2,4H2,1H3,(H,14,15). The normalized spacial score (nSPS) is 23.5. The second-order valence-corrected chi connectivity index (χ2v) is 3.97. The Morgan fingerprint density at radius 2 is 2.47 bits per heavy atom. The maximum atomic E-state index is 12.9. The lowest BCUT2D eigenvalue weighted by Crippen LogP contribution is -2.14. The van der Waals surface area contributed by atoms with E-state index in [2.05, 4.69) is 11.1 Å². The molecule has 2 unspecified atom stereocenters. The highest BCUT2D eigenvalue weighted by atomic mass is 19.1. The third-order valence-corrected chi connectivity index (χ3v) is 2.96. The predicted octanol–water partition coefficient (Wildman–Crippen LogP) is 1.84. The Balaban J connectivity index is 2.29. The number of nitriles is 1. The summed E-state index contributed by atoms with van der Waals surface area (Å²) in [6.07, 6.45) is 2.52. The number of hydrogen-bond donors (Lipinski definition) is 1. The molecule has 0 spiro atoms. The van der Waals surface area contributed by atoms with E-state index >= 15 is 0 Å². The predicted molar refractivity (Wildman–Crippen MR) is 52.8 cm³/mol. The van der Waals surface area contributed by atoms with Gasteiger partial charge in [0.05, 0.1) is 6.07 Å². The molecule has 1 aromatic rings. The van der Waals surface area contributed by atoms with Gasteiger partial charge in [-0.05, 0) is 19.3 Å². The number of H-pyrrole nitrogens is 1. The van der Waals surface area contributed by atoms with Crippen molar-refractivity contribution in [3.63, 3.8) is 0 Å². The number of rotatable bonds is 2. The molecule has 1 fully saturated rings. The quantitative estimate of drug-likeness (QED) is 0.802. The van der Waals surface area contributed by atoms with Crippen molar-refractivity contribution in [1.82, 2.24) is 4.98 Å². The van der Waals surface area contributed by atoms with Crippen molar-refractivity contribution in [3.05, 3.63) is 33.5 Å². The third-order valence-electron chi connectivity index (χ3n) is 2.96. The lowest BCUT2D eigenvalue weighted by Gasteiger charge is -2.03. The van der Waals surface area contributed by atoms with Crippen LogP contribution < -0.4 is 5.43 Å². The molecule has 1 saturated carbocycles. The SMILES string of the molecule is Cc1c(C2CC2CC#N)[nH]cc(F)c1=O. The largest absolute Gasteiger partial charge is 0.362 e. The molecule has 0 aliphatic heterocycles. The summed E-state index contributed by atoms with van der Waals surface area (Å²) in [4.78, 5) is 14.1. The Labute approximate surface area is 86.6 Å². The first kappa shape index (κ1) is 9.91. The van der Waals surface area contributed by atoms with E-state index in [1.165, 1.54) is 0 Å².